The highest BCUT2D eigenvalue weighted by Gasteiger charge is 2.30. The van der Waals surface area contributed by atoms with Crippen LogP contribution in [0, 0.1) is 0 Å². The van der Waals surface area contributed by atoms with Crippen molar-refractivity contribution in [2.75, 3.05) is 5.75 Å². The van der Waals surface area contributed by atoms with Crippen molar-refractivity contribution in [2.45, 2.75) is 69.8 Å². The molecule has 1 fully saturated rings. The minimum atomic E-state index is -0.750. The molecule has 0 aromatic carbocycles. The molecule has 1 aliphatic rings. The number of hydrogen-bond donors (Lipinski definition) is 2. The Hall–Kier alpha value is -0.910. The van der Waals surface area contributed by atoms with Crippen molar-refractivity contribution in [3.8, 4) is 0 Å². The maximum absolute atomic E-state index is 11.8. The Morgan fingerprint density at radius 2 is 2.05 bits per heavy atom. The van der Waals surface area contributed by atoms with Gasteiger partial charge in [-0.3, -0.25) is 4.79 Å². The first-order chi connectivity index (χ1) is 9.28. The second kappa shape index (κ2) is 7.76. The predicted molar refractivity (Wildman–Crippen MR) is 80.1 cm³/mol. The summed E-state index contributed by atoms with van der Waals surface area (Å²) in [4.78, 5) is 22.2. The summed E-state index contributed by atoms with van der Waals surface area (Å²) in [6, 6.07) is 0.139. The molecule has 2 N–H and O–H groups in total. The number of aliphatic carboxylic acids is 1. The molecule has 0 spiro atoms. The van der Waals surface area contributed by atoms with E-state index in [1.54, 1.807) is 11.8 Å². The van der Waals surface area contributed by atoms with Crippen LogP contribution in [0.4, 0.5) is 4.79 Å². The third kappa shape index (κ3) is 7.03. The Balaban J connectivity index is 2.30. The van der Waals surface area contributed by atoms with Gasteiger partial charge in [0.05, 0.1) is 0 Å². The molecule has 0 bridgehead atoms. The monoisotopic (exact) mass is 303 g/mol. The molecule has 0 aliphatic heterocycles. The maximum atomic E-state index is 11.8. The minimum absolute atomic E-state index is 0.139. The molecule has 1 aliphatic carbocycles. The second-order valence-electron chi connectivity index (χ2n) is 6.09. The molecule has 20 heavy (non-hydrogen) atoms. The topological polar surface area (TPSA) is 75.6 Å². The lowest BCUT2D eigenvalue weighted by molar-refractivity contribution is -0.137. The van der Waals surface area contributed by atoms with Crippen LogP contribution in [0.25, 0.3) is 0 Å². The molecule has 1 amide bonds. The maximum Gasteiger partial charge on any atom is 0.407 e. The molecular weight excluding hydrogens is 278 g/mol. The van der Waals surface area contributed by atoms with Gasteiger partial charge in [-0.2, -0.15) is 11.8 Å². The summed E-state index contributed by atoms with van der Waals surface area (Å²) in [5, 5.41) is 11.9. The molecule has 116 valence electrons. The molecule has 5 nitrogen and oxygen atoms in total. The highest BCUT2D eigenvalue weighted by molar-refractivity contribution is 7.99. The average Bonchev–Trinajstić information content (AvgIpc) is 2.69. The van der Waals surface area contributed by atoms with E-state index in [2.05, 4.69) is 5.32 Å². The number of carboxylic acid groups (broad SMARTS) is 1. The number of carbonyl (C=O) groups excluding carboxylic acids is 1. The van der Waals surface area contributed by atoms with Gasteiger partial charge in [-0.05, 0) is 45.8 Å². The summed E-state index contributed by atoms with van der Waals surface area (Å²) >= 11 is 1.76. The van der Waals surface area contributed by atoms with Crippen molar-refractivity contribution in [2.24, 2.45) is 0 Å². The van der Waals surface area contributed by atoms with Crippen LogP contribution < -0.4 is 5.32 Å². The van der Waals surface area contributed by atoms with Crippen LogP contribution >= 0.6 is 11.8 Å². The Bertz CT molecular complexity index is 341. The van der Waals surface area contributed by atoms with Gasteiger partial charge in [-0.25, -0.2) is 4.79 Å². The molecule has 0 aromatic heterocycles. The zero-order valence-electron chi connectivity index (χ0n) is 12.5. The highest BCUT2D eigenvalue weighted by atomic mass is 32.2. The summed E-state index contributed by atoms with van der Waals surface area (Å²) in [7, 11) is 0. The van der Waals surface area contributed by atoms with Crippen molar-refractivity contribution in [3.05, 3.63) is 0 Å². The van der Waals surface area contributed by atoms with Crippen molar-refractivity contribution < 1.29 is 19.4 Å². The number of carboxylic acids is 1. The standard InChI is InChI=1S/C14H25NO4S/c1-14(2,3)19-13(18)15-10-6-4-7-11(10)20-9-5-8-12(16)17/h10-11H,4-9H2,1-3H3,(H,15,18)(H,16,17). The SMILES string of the molecule is CC(C)(C)OC(=O)NC1CCCC1SCCCC(=O)O. The van der Waals surface area contributed by atoms with Crippen LogP contribution in [0.2, 0.25) is 0 Å². The number of rotatable bonds is 6. The fourth-order valence-electron chi connectivity index (χ4n) is 2.21. The average molecular weight is 303 g/mol. The summed E-state index contributed by atoms with van der Waals surface area (Å²) in [6.07, 6.45) is 3.66. The van der Waals surface area contributed by atoms with E-state index in [0.29, 0.717) is 11.7 Å². The van der Waals surface area contributed by atoms with Gasteiger partial charge in [0.1, 0.15) is 5.60 Å². The molecule has 2 unspecified atom stereocenters. The van der Waals surface area contributed by atoms with Gasteiger partial charge in [-0.15, -0.1) is 0 Å². The molecular formula is C14H25NO4S. The Labute approximate surface area is 124 Å². The molecule has 1 rings (SSSR count). The van der Waals surface area contributed by atoms with E-state index in [-0.39, 0.29) is 18.6 Å². The molecule has 0 aromatic rings. The van der Waals surface area contributed by atoms with Crippen molar-refractivity contribution in [1.82, 2.24) is 5.32 Å². The summed E-state index contributed by atoms with van der Waals surface area (Å²) < 4.78 is 5.27. The zero-order chi connectivity index (χ0) is 15.2. The number of amides is 1. The van der Waals surface area contributed by atoms with Crippen molar-refractivity contribution >= 4 is 23.8 Å². The number of nitrogens with one attached hydrogen (secondary N) is 1. The molecule has 2 atom stereocenters. The number of carbonyl (C=O) groups is 2. The number of thioether (sulfide) groups is 1. The lowest BCUT2D eigenvalue weighted by atomic mass is 10.2. The van der Waals surface area contributed by atoms with Crippen LogP contribution in [0.3, 0.4) is 0 Å². The van der Waals surface area contributed by atoms with Gasteiger partial charge in [-0.1, -0.05) is 6.42 Å². The summed E-state index contributed by atoms with van der Waals surface area (Å²) in [5.74, 6) is 0.0733. The van der Waals surface area contributed by atoms with Gasteiger partial charge in [0.25, 0.3) is 0 Å². The molecule has 0 saturated heterocycles. The van der Waals surface area contributed by atoms with Gasteiger partial charge in [0.2, 0.25) is 0 Å². The summed E-state index contributed by atoms with van der Waals surface area (Å²) in [5.41, 5.74) is -0.479. The third-order valence-corrected chi connectivity index (χ3v) is 4.54. The zero-order valence-corrected chi connectivity index (χ0v) is 13.3. The predicted octanol–water partition coefficient (Wildman–Crippen LogP) is 3.03. The van der Waals surface area contributed by atoms with Crippen LogP contribution in [-0.4, -0.2) is 39.8 Å². The van der Waals surface area contributed by atoms with Gasteiger partial charge in [0.15, 0.2) is 0 Å². The molecule has 0 heterocycles. The highest BCUT2D eigenvalue weighted by Crippen LogP contribution is 2.30. The number of ether oxygens (including phenoxy) is 1. The van der Waals surface area contributed by atoms with Crippen molar-refractivity contribution in [1.29, 1.82) is 0 Å². The quantitative estimate of drug-likeness (QED) is 0.738. The van der Waals surface area contributed by atoms with Gasteiger partial charge < -0.3 is 15.2 Å². The van der Waals surface area contributed by atoms with Crippen LogP contribution in [0.5, 0.6) is 0 Å². The lowest BCUT2D eigenvalue weighted by Gasteiger charge is -2.24. The first kappa shape index (κ1) is 17.1. The van der Waals surface area contributed by atoms with E-state index in [4.69, 9.17) is 9.84 Å². The Kier molecular flexibility index (Phi) is 6.65. The van der Waals surface area contributed by atoms with E-state index in [0.717, 1.165) is 25.0 Å². The van der Waals surface area contributed by atoms with Crippen LogP contribution in [0.1, 0.15) is 52.9 Å². The van der Waals surface area contributed by atoms with E-state index in [1.807, 2.05) is 20.8 Å². The molecule has 0 radical (unpaired) electrons. The van der Waals surface area contributed by atoms with Gasteiger partial charge >= 0.3 is 12.1 Å². The Morgan fingerprint density at radius 3 is 2.65 bits per heavy atom. The normalized spacial score (nSPS) is 22.6. The van der Waals surface area contributed by atoms with Gasteiger partial charge in [0, 0.05) is 17.7 Å². The van der Waals surface area contributed by atoms with E-state index < -0.39 is 11.6 Å². The first-order valence-corrected chi connectivity index (χ1v) is 8.16. The fraction of sp³-hybridized carbons (Fsp3) is 0.857. The fourth-order valence-corrected chi connectivity index (χ4v) is 3.59. The second-order valence-corrected chi connectivity index (χ2v) is 7.44. The van der Waals surface area contributed by atoms with Crippen LogP contribution in [-0.2, 0) is 9.53 Å². The Morgan fingerprint density at radius 1 is 1.35 bits per heavy atom. The van der Waals surface area contributed by atoms with E-state index in [9.17, 15) is 9.59 Å². The molecule has 1 saturated carbocycles. The number of hydrogen-bond acceptors (Lipinski definition) is 4. The smallest absolute Gasteiger partial charge is 0.407 e. The third-order valence-electron chi connectivity index (χ3n) is 3.02. The van der Waals surface area contributed by atoms with Crippen LogP contribution in [0.15, 0.2) is 0 Å². The number of alkyl carbamates (subject to hydrolysis) is 1. The first-order valence-electron chi connectivity index (χ1n) is 7.11. The van der Waals surface area contributed by atoms with E-state index in [1.165, 1.54) is 0 Å². The minimum Gasteiger partial charge on any atom is -0.481 e. The molecule has 6 heteroatoms. The van der Waals surface area contributed by atoms with Crippen molar-refractivity contribution in [3.63, 3.8) is 0 Å². The summed E-state index contributed by atoms with van der Waals surface area (Å²) in [6.45, 7) is 5.54. The lowest BCUT2D eigenvalue weighted by Crippen LogP contribution is -2.42. The van der Waals surface area contributed by atoms with E-state index >= 15 is 0 Å². The largest absolute Gasteiger partial charge is 0.481 e.